The molecule has 1 saturated carbocycles. The van der Waals surface area contributed by atoms with Gasteiger partial charge in [-0.05, 0) is 37.3 Å². The van der Waals surface area contributed by atoms with Gasteiger partial charge in [-0.15, -0.1) is 0 Å². The van der Waals surface area contributed by atoms with Gasteiger partial charge in [0.15, 0.2) is 11.5 Å². The topological polar surface area (TPSA) is 69.6 Å². The molecule has 2 unspecified atom stereocenters. The number of aromatic hydroxyl groups is 2. The second-order valence-corrected chi connectivity index (χ2v) is 5.57. The Bertz CT molecular complexity index is 450. The van der Waals surface area contributed by atoms with Crippen LogP contribution in [0.25, 0.3) is 0 Å². The number of carbonyl (C=O) groups excluding carboxylic acids is 1. The van der Waals surface area contributed by atoms with Gasteiger partial charge < -0.3 is 15.5 Å². The fourth-order valence-corrected chi connectivity index (χ4v) is 3.22. The Morgan fingerprint density at radius 1 is 1.33 bits per heavy atom. The minimum absolute atomic E-state index is 0.198. The molecule has 4 nitrogen and oxygen atoms in total. The van der Waals surface area contributed by atoms with E-state index in [9.17, 15) is 15.0 Å². The maximum absolute atomic E-state index is 12.0. The predicted octanol–water partition coefficient (Wildman–Crippen LogP) is 2.11. The van der Waals surface area contributed by atoms with Crippen molar-refractivity contribution in [1.82, 2.24) is 5.32 Å². The zero-order chi connectivity index (χ0) is 13.1. The van der Waals surface area contributed by atoms with Gasteiger partial charge in [-0.25, -0.2) is 0 Å². The fourth-order valence-electron chi connectivity index (χ4n) is 2.29. The molecule has 1 fully saturated rings. The van der Waals surface area contributed by atoms with Crippen LogP contribution in [0.3, 0.4) is 0 Å². The van der Waals surface area contributed by atoms with E-state index in [2.05, 4.69) is 11.6 Å². The van der Waals surface area contributed by atoms with Crippen molar-refractivity contribution >= 4 is 17.7 Å². The number of nitrogens with one attached hydrogen (secondary N) is 1. The zero-order valence-corrected chi connectivity index (χ0v) is 11.0. The Labute approximate surface area is 110 Å². The Kier molecular flexibility index (Phi) is 4.01. The van der Waals surface area contributed by atoms with Crippen LogP contribution < -0.4 is 5.32 Å². The highest BCUT2D eigenvalue weighted by Gasteiger charge is 2.28. The molecule has 1 aromatic carbocycles. The van der Waals surface area contributed by atoms with Crippen molar-refractivity contribution in [3.05, 3.63) is 23.8 Å². The lowest BCUT2D eigenvalue weighted by Crippen LogP contribution is -2.38. The van der Waals surface area contributed by atoms with Crippen LogP contribution in [-0.2, 0) is 0 Å². The molecule has 2 atom stereocenters. The van der Waals surface area contributed by atoms with Gasteiger partial charge in [-0.2, -0.15) is 11.8 Å². The summed E-state index contributed by atoms with van der Waals surface area (Å²) in [7, 11) is 0. The van der Waals surface area contributed by atoms with Crippen LogP contribution in [0.4, 0.5) is 0 Å². The van der Waals surface area contributed by atoms with Gasteiger partial charge in [0.05, 0.1) is 0 Å². The number of carbonyl (C=O) groups is 1. The Morgan fingerprint density at radius 2 is 2.11 bits per heavy atom. The number of thioether (sulfide) groups is 1. The number of phenols is 2. The Hall–Kier alpha value is -1.36. The molecule has 0 saturated heterocycles. The molecular weight excluding hydrogens is 250 g/mol. The molecule has 0 aliphatic heterocycles. The zero-order valence-electron chi connectivity index (χ0n) is 10.2. The van der Waals surface area contributed by atoms with Gasteiger partial charge in [0, 0.05) is 16.9 Å². The summed E-state index contributed by atoms with van der Waals surface area (Å²) in [5, 5.41) is 22.0. The number of hydrogen-bond donors (Lipinski definition) is 3. The van der Waals surface area contributed by atoms with Crippen molar-refractivity contribution < 1.29 is 15.0 Å². The van der Waals surface area contributed by atoms with Crippen LogP contribution in [-0.4, -0.2) is 33.7 Å². The lowest BCUT2D eigenvalue weighted by molar-refractivity contribution is 0.0938. The van der Waals surface area contributed by atoms with E-state index in [1.807, 2.05) is 0 Å². The molecule has 0 aromatic heterocycles. The molecule has 0 spiro atoms. The maximum Gasteiger partial charge on any atom is 0.251 e. The van der Waals surface area contributed by atoms with E-state index in [-0.39, 0.29) is 23.4 Å². The third-order valence-corrected chi connectivity index (χ3v) is 4.48. The lowest BCUT2D eigenvalue weighted by atomic mass is 10.1. The molecule has 5 heteroatoms. The first-order valence-corrected chi connectivity index (χ1v) is 7.26. The van der Waals surface area contributed by atoms with E-state index in [1.165, 1.54) is 18.2 Å². The van der Waals surface area contributed by atoms with Gasteiger partial charge in [0.25, 0.3) is 5.91 Å². The summed E-state index contributed by atoms with van der Waals surface area (Å²) in [4.78, 5) is 12.0. The first-order chi connectivity index (χ1) is 8.61. The Balaban J connectivity index is 2.05. The van der Waals surface area contributed by atoms with Gasteiger partial charge in [-0.1, -0.05) is 6.42 Å². The Morgan fingerprint density at radius 3 is 2.78 bits per heavy atom. The van der Waals surface area contributed by atoms with E-state index >= 15 is 0 Å². The lowest BCUT2D eigenvalue weighted by Gasteiger charge is -2.19. The summed E-state index contributed by atoms with van der Waals surface area (Å²) >= 11 is 1.78. The molecular formula is C13H17NO3S. The molecule has 0 heterocycles. The highest BCUT2D eigenvalue weighted by Crippen LogP contribution is 2.29. The molecule has 1 aliphatic rings. The third kappa shape index (κ3) is 2.72. The van der Waals surface area contributed by atoms with Crippen molar-refractivity contribution in [2.24, 2.45) is 0 Å². The number of rotatable bonds is 3. The minimum atomic E-state index is -0.268. The van der Waals surface area contributed by atoms with Crippen LogP contribution in [0.15, 0.2) is 18.2 Å². The van der Waals surface area contributed by atoms with Crippen LogP contribution in [0, 0.1) is 0 Å². The molecule has 18 heavy (non-hydrogen) atoms. The van der Waals surface area contributed by atoms with Crippen molar-refractivity contribution in [2.45, 2.75) is 30.6 Å². The molecule has 1 amide bonds. The minimum Gasteiger partial charge on any atom is -0.504 e. The third-order valence-electron chi connectivity index (χ3n) is 3.31. The van der Waals surface area contributed by atoms with Gasteiger partial charge in [0.1, 0.15) is 0 Å². The summed E-state index contributed by atoms with van der Waals surface area (Å²) in [6, 6.07) is 4.31. The summed E-state index contributed by atoms with van der Waals surface area (Å²) in [6.45, 7) is 0. The molecule has 0 radical (unpaired) electrons. The van der Waals surface area contributed by atoms with E-state index in [0.29, 0.717) is 10.8 Å². The van der Waals surface area contributed by atoms with Crippen LogP contribution in [0.1, 0.15) is 29.6 Å². The second kappa shape index (κ2) is 5.52. The highest BCUT2D eigenvalue weighted by molar-refractivity contribution is 7.99. The predicted molar refractivity (Wildman–Crippen MR) is 72.2 cm³/mol. The van der Waals surface area contributed by atoms with E-state index < -0.39 is 0 Å². The average Bonchev–Trinajstić information content (AvgIpc) is 2.79. The first kappa shape index (κ1) is 13.1. The van der Waals surface area contributed by atoms with Crippen LogP contribution in [0.2, 0.25) is 0 Å². The molecule has 0 bridgehead atoms. The standard InChI is InChI=1S/C13H17NO3S/c1-18-12-4-2-3-9(12)14-13(17)8-5-6-10(15)11(16)7-8/h5-7,9,12,15-16H,2-4H2,1H3,(H,14,17). The van der Waals surface area contributed by atoms with Gasteiger partial charge >= 0.3 is 0 Å². The van der Waals surface area contributed by atoms with Crippen LogP contribution >= 0.6 is 11.8 Å². The number of hydrogen-bond acceptors (Lipinski definition) is 4. The van der Waals surface area contributed by atoms with E-state index in [0.717, 1.165) is 19.3 Å². The number of benzene rings is 1. The van der Waals surface area contributed by atoms with Gasteiger partial charge in [-0.3, -0.25) is 4.79 Å². The van der Waals surface area contributed by atoms with Crippen molar-refractivity contribution in [3.63, 3.8) is 0 Å². The number of amides is 1. The van der Waals surface area contributed by atoms with Gasteiger partial charge in [0.2, 0.25) is 0 Å². The van der Waals surface area contributed by atoms with Crippen molar-refractivity contribution in [1.29, 1.82) is 0 Å². The molecule has 3 N–H and O–H groups in total. The fraction of sp³-hybridized carbons (Fsp3) is 0.462. The molecule has 1 aromatic rings. The quantitative estimate of drug-likeness (QED) is 0.734. The highest BCUT2D eigenvalue weighted by atomic mass is 32.2. The molecule has 2 rings (SSSR count). The monoisotopic (exact) mass is 267 g/mol. The average molecular weight is 267 g/mol. The summed E-state index contributed by atoms with van der Waals surface area (Å²) in [6.07, 6.45) is 5.33. The smallest absolute Gasteiger partial charge is 0.251 e. The molecule has 1 aliphatic carbocycles. The van der Waals surface area contributed by atoms with Crippen molar-refractivity contribution in [2.75, 3.05) is 6.26 Å². The summed E-state index contributed by atoms with van der Waals surface area (Å²) < 4.78 is 0. The maximum atomic E-state index is 12.0. The summed E-state index contributed by atoms with van der Waals surface area (Å²) in [5.41, 5.74) is 0.372. The SMILES string of the molecule is CSC1CCCC1NC(=O)c1ccc(O)c(O)c1. The van der Waals surface area contributed by atoms with E-state index in [4.69, 9.17) is 0 Å². The number of phenolic OH excluding ortho intramolecular Hbond substituents is 2. The largest absolute Gasteiger partial charge is 0.504 e. The molecule has 98 valence electrons. The second-order valence-electron chi connectivity index (χ2n) is 4.49. The first-order valence-electron chi connectivity index (χ1n) is 5.97. The van der Waals surface area contributed by atoms with E-state index in [1.54, 1.807) is 11.8 Å². The summed E-state index contributed by atoms with van der Waals surface area (Å²) in [5.74, 6) is -0.679. The van der Waals surface area contributed by atoms with Crippen molar-refractivity contribution in [3.8, 4) is 11.5 Å². The van der Waals surface area contributed by atoms with Crippen LogP contribution in [0.5, 0.6) is 11.5 Å². The normalized spacial score (nSPS) is 22.9.